The number of esters is 10. The van der Waals surface area contributed by atoms with Gasteiger partial charge in [0.15, 0.2) is 0 Å². The highest BCUT2D eigenvalue weighted by atomic mass is 16.6. The van der Waals surface area contributed by atoms with Gasteiger partial charge in [-0.3, -0.25) is 0 Å². The average Bonchev–Trinajstić information content (AvgIpc) is 3.45. The molecule has 2 aliphatic rings. The van der Waals surface area contributed by atoms with Gasteiger partial charge in [0.25, 0.3) is 0 Å². The zero-order chi connectivity index (χ0) is 76.0. The molecule has 96 heavy (non-hydrogen) atoms. The quantitative estimate of drug-likeness (QED) is 0.0330. The summed E-state index contributed by atoms with van der Waals surface area (Å²) < 4.78 is 47.5. The highest BCUT2D eigenvalue weighted by Crippen LogP contribution is 2.22. The molecule has 21 heteroatoms. The van der Waals surface area contributed by atoms with E-state index in [0.717, 1.165) is 70.3 Å². The summed E-state index contributed by atoms with van der Waals surface area (Å²) in [6.07, 6.45) is 25.1. The molecule has 0 aromatic heterocycles. The Morgan fingerprint density at radius 3 is 1.05 bits per heavy atom. The third-order valence-electron chi connectivity index (χ3n) is 11.4. The van der Waals surface area contributed by atoms with Crippen LogP contribution in [0.1, 0.15) is 219 Å². The van der Waals surface area contributed by atoms with Gasteiger partial charge in [-0.2, -0.15) is 0 Å². The first-order chi connectivity index (χ1) is 44.9. The Hall–Kier alpha value is -7.94. The van der Waals surface area contributed by atoms with Crippen molar-refractivity contribution in [3.05, 3.63) is 124 Å². The summed E-state index contributed by atoms with van der Waals surface area (Å²) in [6, 6.07) is 0. The van der Waals surface area contributed by atoms with Crippen molar-refractivity contribution >= 4 is 59.7 Å². The molecule has 0 heterocycles. The lowest BCUT2D eigenvalue weighted by atomic mass is 9.98. The Balaban J connectivity index is -0.000000150. The number of ether oxygens (including phenoxy) is 10. The van der Waals surface area contributed by atoms with E-state index in [2.05, 4.69) is 110 Å². The zero-order valence-corrected chi connectivity index (χ0v) is 61.9. The predicted molar refractivity (Wildman–Crippen MR) is 381 cm³/mol. The molecule has 0 spiro atoms. The molecule has 2 saturated carbocycles. The third kappa shape index (κ3) is 84.1. The molecule has 2 aliphatic carbocycles. The van der Waals surface area contributed by atoms with E-state index < -0.39 is 11.6 Å². The van der Waals surface area contributed by atoms with Gasteiger partial charge in [0.05, 0.1) is 46.8 Å². The summed E-state index contributed by atoms with van der Waals surface area (Å²) in [7, 11) is 1.33. The van der Waals surface area contributed by atoms with Crippen molar-refractivity contribution < 1.29 is 100 Å². The largest absolute Gasteiger partial charge is 0.466 e. The maximum atomic E-state index is 11.1. The molecule has 1 unspecified atom stereocenters. The first-order valence-electron chi connectivity index (χ1n) is 32.7. The Morgan fingerprint density at radius 2 is 0.771 bits per heavy atom. The van der Waals surface area contributed by atoms with E-state index in [1.807, 2.05) is 27.7 Å². The minimum atomic E-state index is -0.455. The van der Waals surface area contributed by atoms with Crippen molar-refractivity contribution in [3.63, 3.8) is 0 Å². The van der Waals surface area contributed by atoms with Crippen LogP contribution in [0.5, 0.6) is 0 Å². The molecule has 1 N–H and O–H groups in total. The predicted octanol–water partition coefficient (Wildman–Crippen LogP) is 15.4. The van der Waals surface area contributed by atoms with Crippen molar-refractivity contribution in [3.8, 4) is 0 Å². The Bertz CT molecular complexity index is 2280. The molecule has 2 rings (SSSR count). The van der Waals surface area contributed by atoms with Crippen LogP contribution in [0.4, 0.5) is 0 Å². The lowest BCUT2D eigenvalue weighted by Crippen LogP contribution is -2.23. The maximum Gasteiger partial charge on any atom is 0.333 e. The maximum absolute atomic E-state index is 11.1. The summed E-state index contributed by atoms with van der Waals surface area (Å²) in [6.45, 7) is 63.2. The molecule has 0 aromatic rings. The number of aliphatic hydroxyl groups excluding tert-OH is 1. The number of unbranched alkanes of at least 4 members (excludes halogenated alkanes) is 3. The van der Waals surface area contributed by atoms with Crippen molar-refractivity contribution in [1.29, 1.82) is 0 Å². The van der Waals surface area contributed by atoms with Gasteiger partial charge in [0.1, 0.15) is 24.4 Å². The zero-order valence-electron chi connectivity index (χ0n) is 61.9. The number of aliphatic hydroxyl groups is 1. The topological polar surface area (TPSA) is 283 Å². The molecule has 1 atom stereocenters. The molecule has 0 saturated heterocycles. The van der Waals surface area contributed by atoms with Crippen LogP contribution >= 0.6 is 0 Å². The monoisotopic (exact) mass is 1360 g/mol. The van der Waals surface area contributed by atoms with Gasteiger partial charge in [-0.1, -0.05) is 138 Å². The second-order valence-electron chi connectivity index (χ2n) is 22.2. The number of hydrogen-bond acceptors (Lipinski definition) is 21. The van der Waals surface area contributed by atoms with Crippen molar-refractivity contribution in [2.45, 2.75) is 237 Å². The lowest BCUT2D eigenvalue weighted by Gasteiger charge is -2.21. The second kappa shape index (κ2) is 72.9. The molecule has 0 aliphatic heterocycles. The van der Waals surface area contributed by atoms with Gasteiger partial charge in [0.2, 0.25) is 0 Å². The minimum absolute atomic E-state index is 0.0473. The SMILES string of the molecule is C=C(C)C(=O)OC.C=C(C)C(=O)OC(C)(C)C.C=C(C)C(=O)OC1CCCCC1.C=C(C)C(=O)OCC.C=C(C)C(=O)OCCCC.C=C(C)C(=O)OCCO.C=CC(=O)OC1CCCCC1.C=CC(=O)OCC.C=CC(=O)OCC(CC)CCCC.C=CC(=O)OCCCC. The lowest BCUT2D eigenvalue weighted by molar-refractivity contribution is -0.150. The van der Waals surface area contributed by atoms with Crippen LogP contribution in [-0.2, 0) is 95.3 Å². The molecule has 0 radical (unpaired) electrons. The van der Waals surface area contributed by atoms with E-state index in [9.17, 15) is 47.9 Å². The summed E-state index contributed by atoms with van der Waals surface area (Å²) in [5.41, 5.74) is 2.24. The number of methoxy groups -OCH3 is 1. The van der Waals surface area contributed by atoms with E-state index in [0.29, 0.717) is 72.4 Å². The van der Waals surface area contributed by atoms with Crippen LogP contribution in [0.3, 0.4) is 0 Å². The van der Waals surface area contributed by atoms with Crippen LogP contribution in [0.2, 0.25) is 0 Å². The fraction of sp³-hybridized carbons (Fsp3) is 0.600. The minimum Gasteiger partial charge on any atom is -0.466 e. The fourth-order valence-electron chi connectivity index (χ4n) is 6.05. The van der Waals surface area contributed by atoms with Gasteiger partial charge in [-0.25, -0.2) is 47.9 Å². The molecule has 0 bridgehead atoms. The van der Waals surface area contributed by atoms with Crippen LogP contribution in [0.25, 0.3) is 0 Å². The van der Waals surface area contributed by atoms with E-state index in [4.69, 9.17) is 28.8 Å². The Kier molecular flexibility index (Phi) is 79.1. The van der Waals surface area contributed by atoms with E-state index in [1.165, 1.54) is 76.7 Å². The standard InChI is InChI=1S/C11H20O2.C10H16O2.C9H14O2.2C8H14O2.C7H12O2.C6H10O3.C6H10O2.2C5H8O2/c1-4-7-8-10(5-2)9-13-11(12)6-3;1-8(2)10(11)12-9-6-4-3-5-7-9;1-2-9(10)11-8-6-4-3-5-7-8;1-6(2)7(9)10-8(3,4)5;1-4-5-6-10-8(9)7(2)3;1-3-5-6-9-7(8)4-2;1-5(2)6(8)9-4-3-7;1-4-8-6(7)5(2)3;1-4(2)5(6)7-3;1-3-5(6)7-4-2/h6,10H,3-5,7-9H2,1-2H3;9H,1,3-7H2,2H3;2,8H,1,3-7H2;1H2,2-5H3;2,4-6H2,1,3H3;4H,2-3,5-6H2,1H3;7H,1,3-4H2,2H3;2,4H2,1,3H3;1H2,2-3H3;3H,1,4H2,2H3. The van der Waals surface area contributed by atoms with Gasteiger partial charge in [0, 0.05) is 57.7 Å². The molecular weight excluding hydrogens is 1240 g/mol. The van der Waals surface area contributed by atoms with Crippen molar-refractivity contribution in [1.82, 2.24) is 0 Å². The summed E-state index contributed by atoms with van der Waals surface area (Å²) >= 11 is 0. The highest BCUT2D eigenvalue weighted by Gasteiger charge is 2.19. The first-order valence-corrected chi connectivity index (χ1v) is 32.7. The highest BCUT2D eigenvalue weighted by molar-refractivity contribution is 5.89. The summed E-state index contributed by atoms with van der Waals surface area (Å²) in [4.78, 5) is 106. The number of carbonyl (C=O) groups is 10. The number of rotatable bonds is 28. The molecule has 552 valence electrons. The number of hydrogen-bond donors (Lipinski definition) is 1. The molecule has 0 amide bonds. The molecule has 2 fully saturated rings. The fourth-order valence-corrected chi connectivity index (χ4v) is 6.05. The summed E-state index contributed by atoms with van der Waals surface area (Å²) in [5, 5.41) is 8.19. The van der Waals surface area contributed by atoms with Crippen molar-refractivity contribution in [2.75, 3.05) is 53.4 Å². The van der Waals surface area contributed by atoms with Crippen LogP contribution in [-0.4, -0.2) is 136 Å². The van der Waals surface area contributed by atoms with Crippen LogP contribution in [0.15, 0.2) is 124 Å². The van der Waals surface area contributed by atoms with Crippen LogP contribution in [0, 0.1) is 5.92 Å². The third-order valence-corrected chi connectivity index (χ3v) is 11.4. The molecule has 21 nitrogen and oxygen atoms in total. The summed E-state index contributed by atoms with van der Waals surface area (Å²) in [5.74, 6) is -2.72. The molecular formula is C75H126O21. The number of carbonyl (C=O) groups excluding carboxylic acids is 10. The van der Waals surface area contributed by atoms with E-state index in [-0.39, 0.29) is 79.1 Å². The van der Waals surface area contributed by atoms with Crippen LogP contribution < -0.4 is 0 Å². The van der Waals surface area contributed by atoms with Gasteiger partial charge < -0.3 is 52.5 Å². The van der Waals surface area contributed by atoms with Crippen molar-refractivity contribution in [2.24, 2.45) is 5.92 Å². The smallest absolute Gasteiger partial charge is 0.333 e. The van der Waals surface area contributed by atoms with Gasteiger partial charge in [-0.05, 0) is 153 Å². The van der Waals surface area contributed by atoms with E-state index >= 15 is 0 Å². The molecule has 0 aromatic carbocycles. The second-order valence-corrected chi connectivity index (χ2v) is 22.2. The van der Waals surface area contributed by atoms with Gasteiger partial charge >= 0.3 is 59.7 Å². The van der Waals surface area contributed by atoms with Gasteiger partial charge in [-0.15, -0.1) is 0 Å². The Morgan fingerprint density at radius 1 is 0.427 bits per heavy atom. The average molecular weight is 1360 g/mol. The van der Waals surface area contributed by atoms with E-state index in [1.54, 1.807) is 55.4 Å². The normalized spacial score (nSPS) is 11.7. The first kappa shape index (κ1) is 104. The Labute approximate surface area is 577 Å².